The standard InChI is InChI=1S/C15H22N6O5/c1-6(2)8(16)15(24)25-3-7-10(22)11(23)14(26-7)21-5-20-9-12(17)18-4-19-13(9)21/h4-8,10-11,14,22-23H,3,16H2,1-2H3,(H2,17,18,19)/t7-,8+,10-,11+,14-/m1/s1. The maximum Gasteiger partial charge on any atom is 0.323 e. The van der Waals surface area contributed by atoms with Crippen molar-refractivity contribution in [2.75, 3.05) is 12.3 Å². The van der Waals surface area contributed by atoms with Crippen molar-refractivity contribution < 1.29 is 24.5 Å². The Morgan fingerprint density at radius 1 is 1.35 bits per heavy atom. The van der Waals surface area contributed by atoms with Gasteiger partial charge in [-0.1, -0.05) is 13.8 Å². The zero-order valence-corrected chi connectivity index (χ0v) is 14.4. The molecule has 1 aliphatic rings. The quantitative estimate of drug-likeness (QED) is 0.459. The first-order valence-corrected chi connectivity index (χ1v) is 8.18. The zero-order chi connectivity index (χ0) is 19.0. The lowest BCUT2D eigenvalue weighted by molar-refractivity contribution is -0.152. The largest absolute Gasteiger partial charge is 0.462 e. The molecule has 0 saturated carbocycles. The smallest absolute Gasteiger partial charge is 0.323 e. The molecule has 1 fully saturated rings. The minimum absolute atomic E-state index is 0.0854. The van der Waals surface area contributed by atoms with Gasteiger partial charge < -0.3 is 31.2 Å². The van der Waals surface area contributed by atoms with Crippen LogP contribution in [0.5, 0.6) is 0 Å². The Morgan fingerprint density at radius 2 is 2.08 bits per heavy atom. The van der Waals surface area contributed by atoms with Crippen molar-refractivity contribution in [3.8, 4) is 0 Å². The minimum atomic E-state index is -1.27. The first-order chi connectivity index (χ1) is 12.3. The Bertz CT molecular complexity index is 796. The van der Waals surface area contributed by atoms with Crippen molar-refractivity contribution >= 4 is 23.0 Å². The summed E-state index contributed by atoms with van der Waals surface area (Å²) in [4.78, 5) is 23.9. The van der Waals surface area contributed by atoms with Gasteiger partial charge in [-0.3, -0.25) is 9.36 Å². The van der Waals surface area contributed by atoms with Crippen LogP contribution in [0, 0.1) is 5.92 Å². The van der Waals surface area contributed by atoms with E-state index in [0.29, 0.717) is 11.2 Å². The normalized spacial score (nSPS) is 27.2. The van der Waals surface area contributed by atoms with Crippen molar-refractivity contribution in [2.45, 2.75) is 44.4 Å². The van der Waals surface area contributed by atoms with Gasteiger partial charge in [-0.15, -0.1) is 0 Å². The number of imidazole rings is 1. The molecule has 0 radical (unpaired) electrons. The highest BCUT2D eigenvalue weighted by atomic mass is 16.6. The molecule has 0 amide bonds. The molecule has 11 nitrogen and oxygen atoms in total. The third kappa shape index (κ3) is 3.21. The summed E-state index contributed by atoms with van der Waals surface area (Å²) in [6, 6.07) is -0.772. The Labute approximate surface area is 148 Å². The van der Waals surface area contributed by atoms with Crippen LogP contribution in [0.15, 0.2) is 12.7 Å². The molecule has 2 aromatic heterocycles. The third-order valence-corrected chi connectivity index (χ3v) is 4.38. The van der Waals surface area contributed by atoms with E-state index in [1.165, 1.54) is 17.2 Å². The minimum Gasteiger partial charge on any atom is -0.462 e. The highest BCUT2D eigenvalue weighted by molar-refractivity contribution is 5.81. The van der Waals surface area contributed by atoms with E-state index in [9.17, 15) is 15.0 Å². The van der Waals surface area contributed by atoms with Crippen molar-refractivity contribution in [3.05, 3.63) is 12.7 Å². The SMILES string of the molecule is CC(C)[C@H](N)C(=O)OC[C@H]1O[C@@H](n2cnc3c(N)ncnc32)[C@@H](O)[C@@H]1O. The van der Waals surface area contributed by atoms with Gasteiger partial charge in [-0.2, -0.15) is 0 Å². The van der Waals surface area contributed by atoms with Crippen LogP contribution in [-0.2, 0) is 14.3 Å². The number of aromatic nitrogens is 4. The third-order valence-electron chi connectivity index (χ3n) is 4.38. The number of fused-ring (bicyclic) bond motifs is 1. The number of nitrogens with zero attached hydrogens (tertiary/aromatic N) is 4. The predicted octanol–water partition coefficient (Wildman–Crippen LogP) is -1.45. The Morgan fingerprint density at radius 3 is 2.77 bits per heavy atom. The number of aliphatic hydroxyl groups excluding tert-OH is 2. The molecule has 3 heterocycles. The van der Waals surface area contributed by atoms with Crippen molar-refractivity contribution in [2.24, 2.45) is 11.7 Å². The van der Waals surface area contributed by atoms with E-state index >= 15 is 0 Å². The van der Waals surface area contributed by atoms with Gasteiger partial charge in [-0.25, -0.2) is 15.0 Å². The second-order valence-electron chi connectivity index (χ2n) is 6.53. The van der Waals surface area contributed by atoms with E-state index in [2.05, 4.69) is 15.0 Å². The maximum atomic E-state index is 11.9. The number of hydrogen-bond donors (Lipinski definition) is 4. The molecule has 5 atom stereocenters. The lowest BCUT2D eigenvalue weighted by Crippen LogP contribution is -2.40. The van der Waals surface area contributed by atoms with Crippen LogP contribution in [0.25, 0.3) is 11.2 Å². The number of anilines is 1. The van der Waals surface area contributed by atoms with Gasteiger partial charge in [0.25, 0.3) is 0 Å². The second-order valence-corrected chi connectivity index (χ2v) is 6.53. The molecule has 142 valence electrons. The summed E-state index contributed by atoms with van der Waals surface area (Å²) in [6.07, 6.45) is -1.77. The van der Waals surface area contributed by atoms with Crippen LogP contribution < -0.4 is 11.5 Å². The van der Waals surface area contributed by atoms with Crippen LogP contribution in [0.2, 0.25) is 0 Å². The number of esters is 1. The van der Waals surface area contributed by atoms with Gasteiger partial charge in [0, 0.05) is 0 Å². The topological polar surface area (TPSA) is 172 Å². The Kier molecular flexibility index (Phi) is 5.05. The number of carbonyl (C=O) groups is 1. The average molecular weight is 366 g/mol. The van der Waals surface area contributed by atoms with Crippen molar-refractivity contribution in [1.82, 2.24) is 19.5 Å². The average Bonchev–Trinajstić information content (AvgIpc) is 3.15. The van der Waals surface area contributed by atoms with Gasteiger partial charge in [0.05, 0.1) is 6.33 Å². The number of aliphatic hydroxyl groups is 2. The molecule has 0 unspecified atom stereocenters. The van der Waals surface area contributed by atoms with Crippen LogP contribution in [0.1, 0.15) is 20.1 Å². The fourth-order valence-electron chi connectivity index (χ4n) is 2.69. The van der Waals surface area contributed by atoms with E-state index < -0.39 is 36.6 Å². The maximum absolute atomic E-state index is 11.9. The summed E-state index contributed by atoms with van der Waals surface area (Å²) in [5, 5.41) is 20.6. The number of hydrogen-bond acceptors (Lipinski definition) is 10. The summed E-state index contributed by atoms with van der Waals surface area (Å²) >= 11 is 0. The Balaban J connectivity index is 1.73. The summed E-state index contributed by atoms with van der Waals surface area (Å²) < 4.78 is 12.2. The number of ether oxygens (including phenoxy) is 2. The van der Waals surface area contributed by atoms with Crippen LogP contribution in [0.4, 0.5) is 5.82 Å². The summed E-state index contributed by atoms with van der Waals surface area (Å²) in [7, 11) is 0. The monoisotopic (exact) mass is 366 g/mol. The molecular formula is C15H22N6O5. The van der Waals surface area contributed by atoms with Gasteiger partial charge in [0.15, 0.2) is 17.7 Å². The first kappa shape index (κ1) is 18.5. The molecule has 1 aliphatic heterocycles. The van der Waals surface area contributed by atoms with E-state index in [-0.39, 0.29) is 18.3 Å². The molecule has 0 spiro atoms. The molecule has 0 aromatic carbocycles. The second kappa shape index (κ2) is 7.11. The van der Waals surface area contributed by atoms with E-state index in [1.54, 1.807) is 13.8 Å². The van der Waals surface area contributed by atoms with Gasteiger partial charge in [0.1, 0.15) is 42.8 Å². The van der Waals surface area contributed by atoms with Gasteiger partial charge >= 0.3 is 5.97 Å². The molecular weight excluding hydrogens is 344 g/mol. The van der Waals surface area contributed by atoms with Crippen molar-refractivity contribution in [1.29, 1.82) is 0 Å². The van der Waals surface area contributed by atoms with Gasteiger partial charge in [0.2, 0.25) is 0 Å². The summed E-state index contributed by atoms with van der Waals surface area (Å²) in [5.41, 5.74) is 12.2. The molecule has 3 rings (SSSR count). The fourth-order valence-corrected chi connectivity index (χ4v) is 2.69. The molecule has 0 aliphatic carbocycles. The molecule has 0 bridgehead atoms. The molecule has 11 heteroatoms. The lowest BCUT2D eigenvalue weighted by Gasteiger charge is -2.18. The number of carbonyl (C=O) groups excluding carboxylic acids is 1. The molecule has 1 saturated heterocycles. The number of nitrogens with two attached hydrogens (primary N) is 2. The highest BCUT2D eigenvalue weighted by Crippen LogP contribution is 2.32. The summed E-state index contributed by atoms with van der Waals surface area (Å²) in [6.45, 7) is 3.35. The van der Waals surface area contributed by atoms with Gasteiger partial charge in [-0.05, 0) is 5.92 Å². The van der Waals surface area contributed by atoms with Crippen LogP contribution >= 0.6 is 0 Å². The van der Waals surface area contributed by atoms with Crippen LogP contribution in [-0.4, -0.2) is 66.7 Å². The Hall–Kier alpha value is -2.34. The molecule has 26 heavy (non-hydrogen) atoms. The van der Waals surface area contributed by atoms with E-state index in [1.807, 2.05) is 0 Å². The molecule has 6 N–H and O–H groups in total. The van der Waals surface area contributed by atoms with Crippen molar-refractivity contribution in [3.63, 3.8) is 0 Å². The first-order valence-electron chi connectivity index (χ1n) is 8.18. The highest BCUT2D eigenvalue weighted by Gasteiger charge is 2.45. The zero-order valence-electron chi connectivity index (χ0n) is 14.4. The molecule has 2 aromatic rings. The van der Waals surface area contributed by atoms with E-state index in [4.69, 9.17) is 20.9 Å². The summed E-state index contributed by atoms with van der Waals surface area (Å²) in [5.74, 6) is -0.491. The number of nitrogen functional groups attached to an aromatic ring is 1. The van der Waals surface area contributed by atoms with Crippen LogP contribution in [0.3, 0.4) is 0 Å². The lowest BCUT2D eigenvalue weighted by atomic mass is 10.1. The predicted molar refractivity (Wildman–Crippen MR) is 89.4 cm³/mol. The number of rotatable bonds is 5. The fraction of sp³-hybridized carbons (Fsp3) is 0.600. The van der Waals surface area contributed by atoms with E-state index in [0.717, 1.165) is 0 Å².